The lowest BCUT2D eigenvalue weighted by Crippen LogP contribution is -2.38. The molecule has 1 aromatic rings. The van der Waals surface area contributed by atoms with Crippen molar-refractivity contribution in [2.45, 2.75) is 39.0 Å². The molecule has 0 aliphatic carbocycles. The Labute approximate surface area is 133 Å². The van der Waals surface area contributed by atoms with Crippen LogP contribution in [0.2, 0.25) is 0 Å². The van der Waals surface area contributed by atoms with Gasteiger partial charge in [0.05, 0.1) is 0 Å². The van der Waals surface area contributed by atoms with Gasteiger partial charge in [-0.25, -0.2) is 0 Å². The van der Waals surface area contributed by atoms with Gasteiger partial charge in [0.1, 0.15) is 0 Å². The van der Waals surface area contributed by atoms with Gasteiger partial charge in [0.2, 0.25) is 5.91 Å². The Morgan fingerprint density at radius 3 is 2.52 bits per heavy atom. The Hall–Kier alpha value is -0.960. The normalized spacial score (nSPS) is 16.2. The molecule has 0 radical (unpaired) electrons. The molecule has 1 fully saturated rings. The number of piperidine rings is 1. The second-order valence-electron chi connectivity index (χ2n) is 6.11. The molecular weight excluding hydrogens is 278 g/mol. The average molecular weight is 305 g/mol. The largest absolute Gasteiger partial charge is 0.343 e. The van der Waals surface area contributed by atoms with E-state index in [-0.39, 0.29) is 0 Å². The summed E-state index contributed by atoms with van der Waals surface area (Å²) in [5, 5.41) is 0. The van der Waals surface area contributed by atoms with Crippen LogP contribution >= 0.6 is 11.8 Å². The van der Waals surface area contributed by atoms with Crippen molar-refractivity contribution in [1.82, 2.24) is 4.90 Å². The number of likely N-dealkylation sites (tertiary alicyclic amines) is 1. The highest BCUT2D eigenvalue weighted by Gasteiger charge is 2.22. The first kappa shape index (κ1) is 16.4. The van der Waals surface area contributed by atoms with Crippen LogP contribution in [0.25, 0.3) is 0 Å². The van der Waals surface area contributed by atoms with Gasteiger partial charge in [-0.2, -0.15) is 11.8 Å². The predicted octanol–water partition coefficient (Wildman–Crippen LogP) is 3.92. The quantitative estimate of drug-likeness (QED) is 0.743. The second-order valence-corrected chi connectivity index (χ2v) is 7.10. The van der Waals surface area contributed by atoms with Crippen LogP contribution in [0.1, 0.15) is 36.8 Å². The summed E-state index contributed by atoms with van der Waals surface area (Å²) in [5.74, 6) is 2.19. The van der Waals surface area contributed by atoms with E-state index in [1.54, 1.807) is 0 Å². The molecule has 1 heterocycles. The molecule has 0 spiro atoms. The Kier molecular flexibility index (Phi) is 6.62. The predicted molar refractivity (Wildman–Crippen MR) is 91.8 cm³/mol. The molecule has 1 aliphatic rings. The fourth-order valence-corrected chi connectivity index (χ4v) is 3.40. The van der Waals surface area contributed by atoms with Crippen LogP contribution in [-0.4, -0.2) is 35.9 Å². The number of amides is 1. The molecule has 1 saturated heterocycles. The summed E-state index contributed by atoms with van der Waals surface area (Å²) in [7, 11) is 0. The van der Waals surface area contributed by atoms with Gasteiger partial charge >= 0.3 is 0 Å². The summed E-state index contributed by atoms with van der Waals surface area (Å²) < 4.78 is 0. The summed E-state index contributed by atoms with van der Waals surface area (Å²) >= 11 is 1.82. The molecular formula is C18H27NOS. The van der Waals surface area contributed by atoms with Crippen molar-refractivity contribution in [2.24, 2.45) is 5.92 Å². The lowest BCUT2D eigenvalue weighted by Gasteiger charge is -2.32. The highest BCUT2D eigenvalue weighted by Crippen LogP contribution is 2.22. The minimum absolute atomic E-state index is 0.359. The molecule has 3 heteroatoms. The van der Waals surface area contributed by atoms with Crippen LogP contribution in [0.5, 0.6) is 0 Å². The highest BCUT2D eigenvalue weighted by molar-refractivity contribution is 7.98. The zero-order chi connectivity index (χ0) is 15.1. The number of hydrogen-bond acceptors (Lipinski definition) is 2. The summed E-state index contributed by atoms with van der Waals surface area (Å²) in [6.07, 6.45) is 7.31. The van der Waals surface area contributed by atoms with E-state index >= 15 is 0 Å². The van der Waals surface area contributed by atoms with Gasteiger partial charge in [-0.15, -0.1) is 0 Å². The summed E-state index contributed by atoms with van der Waals surface area (Å²) in [6.45, 7) is 4.04. The van der Waals surface area contributed by atoms with Crippen molar-refractivity contribution in [2.75, 3.05) is 25.1 Å². The summed E-state index contributed by atoms with van der Waals surface area (Å²) in [5.41, 5.74) is 2.76. The third kappa shape index (κ3) is 5.39. The van der Waals surface area contributed by atoms with Gasteiger partial charge in [0.15, 0.2) is 0 Å². The van der Waals surface area contributed by atoms with E-state index in [1.807, 2.05) is 11.8 Å². The molecule has 116 valence electrons. The van der Waals surface area contributed by atoms with E-state index in [9.17, 15) is 4.79 Å². The maximum Gasteiger partial charge on any atom is 0.222 e. The van der Waals surface area contributed by atoms with Gasteiger partial charge in [-0.1, -0.05) is 29.8 Å². The zero-order valence-corrected chi connectivity index (χ0v) is 14.1. The van der Waals surface area contributed by atoms with Gasteiger partial charge in [-0.3, -0.25) is 4.79 Å². The molecule has 1 amide bonds. The monoisotopic (exact) mass is 305 g/mol. The zero-order valence-electron chi connectivity index (χ0n) is 13.3. The van der Waals surface area contributed by atoms with E-state index in [0.717, 1.165) is 56.9 Å². The number of carbonyl (C=O) groups is 1. The molecule has 0 bridgehead atoms. The first-order valence-corrected chi connectivity index (χ1v) is 9.40. The Morgan fingerprint density at radius 1 is 1.24 bits per heavy atom. The molecule has 0 saturated carbocycles. The van der Waals surface area contributed by atoms with E-state index in [0.29, 0.717) is 5.91 Å². The minimum atomic E-state index is 0.359. The number of thioether (sulfide) groups is 1. The van der Waals surface area contributed by atoms with Crippen molar-refractivity contribution >= 4 is 17.7 Å². The van der Waals surface area contributed by atoms with Crippen LogP contribution in [-0.2, 0) is 11.2 Å². The van der Waals surface area contributed by atoms with Gasteiger partial charge in [0, 0.05) is 19.5 Å². The maximum atomic E-state index is 12.1. The maximum absolute atomic E-state index is 12.1. The number of benzene rings is 1. The number of carbonyl (C=O) groups excluding carboxylic acids is 1. The molecule has 0 unspecified atom stereocenters. The SMILES string of the molecule is CSCCCC(=O)N1CCC(Cc2ccc(C)cc2)CC1. The van der Waals surface area contributed by atoms with E-state index in [2.05, 4.69) is 42.3 Å². The molecule has 2 nitrogen and oxygen atoms in total. The van der Waals surface area contributed by atoms with Crippen molar-refractivity contribution in [3.8, 4) is 0 Å². The first-order valence-electron chi connectivity index (χ1n) is 8.01. The Bertz CT molecular complexity index is 435. The molecule has 21 heavy (non-hydrogen) atoms. The molecule has 0 atom stereocenters. The number of hydrogen-bond donors (Lipinski definition) is 0. The van der Waals surface area contributed by atoms with E-state index < -0.39 is 0 Å². The van der Waals surface area contributed by atoms with Crippen LogP contribution in [0.3, 0.4) is 0 Å². The van der Waals surface area contributed by atoms with Crippen molar-refractivity contribution in [3.05, 3.63) is 35.4 Å². The van der Waals surface area contributed by atoms with Crippen molar-refractivity contribution in [1.29, 1.82) is 0 Å². The van der Waals surface area contributed by atoms with Crippen LogP contribution < -0.4 is 0 Å². The van der Waals surface area contributed by atoms with Crippen LogP contribution in [0, 0.1) is 12.8 Å². The smallest absolute Gasteiger partial charge is 0.222 e. The van der Waals surface area contributed by atoms with E-state index in [4.69, 9.17) is 0 Å². The molecule has 0 N–H and O–H groups in total. The average Bonchev–Trinajstić information content (AvgIpc) is 2.50. The minimum Gasteiger partial charge on any atom is -0.343 e. The van der Waals surface area contributed by atoms with Gasteiger partial charge in [-0.05, 0) is 56.1 Å². The molecule has 0 aromatic heterocycles. The number of aryl methyl sites for hydroxylation is 1. The van der Waals surface area contributed by atoms with Crippen LogP contribution in [0.4, 0.5) is 0 Å². The summed E-state index contributed by atoms with van der Waals surface area (Å²) in [6, 6.07) is 8.88. The fourth-order valence-electron chi connectivity index (χ4n) is 2.97. The Morgan fingerprint density at radius 2 is 1.90 bits per heavy atom. The van der Waals surface area contributed by atoms with Gasteiger partial charge < -0.3 is 4.90 Å². The number of nitrogens with zero attached hydrogens (tertiary/aromatic N) is 1. The fraction of sp³-hybridized carbons (Fsp3) is 0.611. The second kappa shape index (κ2) is 8.47. The lowest BCUT2D eigenvalue weighted by molar-refractivity contribution is -0.132. The van der Waals surface area contributed by atoms with Crippen molar-refractivity contribution in [3.63, 3.8) is 0 Å². The van der Waals surface area contributed by atoms with E-state index in [1.165, 1.54) is 11.1 Å². The van der Waals surface area contributed by atoms with Crippen molar-refractivity contribution < 1.29 is 4.79 Å². The topological polar surface area (TPSA) is 20.3 Å². The standard InChI is InChI=1S/C18H27NOS/c1-15-5-7-16(8-6-15)14-17-9-11-19(12-10-17)18(20)4-3-13-21-2/h5-8,17H,3-4,9-14H2,1-2H3. The summed E-state index contributed by atoms with van der Waals surface area (Å²) in [4.78, 5) is 14.2. The Balaban J connectivity index is 1.72. The lowest BCUT2D eigenvalue weighted by atomic mass is 9.90. The highest BCUT2D eigenvalue weighted by atomic mass is 32.2. The third-order valence-electron chi connectivity index (χ3n) is 4.35. The number of rotatable bonds is 6. The third-order valence-corrected chi connectivity index (χ3v) is 5.05. The molecule has 2 rings (SSSR count). The van der Waals surface area contributed by atoms with Crippen LogP contribution in [0.15, 0.2) is 24.3 Å². The van der Waals surface area contributed by atoms with Gasteiger partial charge in [0.25, 0.3) is 0 Å². The first-order chi connectivity index (χ1) is 10.2. The molecule has 1 aliphatic heterocycles. The molecule has 1 aromatic carbocycles.